The molecule has 132 valence electrons. The van der Waals surface area contributed by atoms with Crippen molar-refractivity contribution < 1.29 is 0 Å². The van der Waals surface area contributed by atoms with Crippen LogP contribution in [0.25, 0.3) is 0 Å². The van der Waals surface area contributed by atoms with E-state index in [1.54, 1.807) is 0 Å². The van der Waals surface area contributed by atoms with Gasteiger partial charge in [0, 0.05) is 0 Å². The van der Waals surface area contributed by atoms with E-state index in [2.05, 4.69) is 13.8 Å². The van der Waals surface area contributed by atoms with E-state index in [1.165, 1.54) is 44.9 Å². The maximum absolute atomic E-state index is 6.26. The van der Waals surface area contributed by atoms with Crippen LogP contribution in [0.4, 0.5) is 22.7 Å². The fourth-order valence-corrected chi connectivity index (χ4v) is 3.15. The third-order valence-electron chi connectivity index (χ3n) is 4.70. The molecular weight excluding hydrogens is 284 g/mol. The van der Waals surface area contributed by atoms with Gasteiger partial charge in [0.05, 0.1) is 22.7 Å². The first-order valence-electron chi connectivity index (χ1n) is 9.28. The van der Waals surface area contributed by atoms with Crippen molar-refractivity contribution in [3.63, 3.8) is 0 Å². The summed E-state index contributed by atoms with van der Waals surface area (Å²) >= 11 is 0. The van der Waals surface area contributed by atoms with Gasteiger partial charge >= 0.3 is 0 Å². The number of hydrogen-bond acceptors (Lipinski definition) is 4. The molecule has 0 unspecified atom stereocenters. The fourth-order valence-electron chi connectivity index (χ4n) is 3.15. The van der Waals surface area contributed by atoms with Crippen molar-refractivity contribution >= 4 is 22.7 Å². The third kappa shape index (κ3) is 5.52. The van der Waals surface area contributed by atoms with E-state index in [0.717, 1.165) is 36.8 Å². The SMILES string of the molecule is CCCCCCCc1c(N)c(N)c(N)c(N)c1CCCCCC. The van der Waals surface area contributed by atoms with E-state index in [1.807, 2.05) is 0 Å². The quantitative estimate of drug-likeness (QED) is 0.352. The van der Waals surface area contributed by atoms with Crippen LogP contribution in [0.2, 0.25) is 0 Å². The highest BCUT2D eigenvalue weighted by molar-refractivity contribution is 5.90. The summed E-state index contributed by atoms with van der Waals surface area (Å²) in [6.07, 6.45) is 12.9. The molecule has 0 aliphatic rings. The molecule has 0 aromatic heterocycles. The summed E-state index contributed by atoms with van der Waals surface area (Å²) in [4.78, 5) is 0. The summed E-state index contributed by atoms with van der Waals surface area (Å²) in [5.74, 6) is 0. The normalized spacial score (nSPS) is 11.0. The smallest absolute Gasteiger partial charge is 0.0805 e. The van der Waals surface area contributed by atoms with Gasteiger partial charge in [-0.15, -0.1) is 0 Å². The molecule has 0 fully saturated rings. The first-order chi connectivity index (χ1) is 11.0. The predicted molar refractivity (Wildman–Crippen MR) is 104 cm³/mol. The number of nitrogen functional groups attached to an aromatic ring is 4. The number of nitrogens with two attached hydrogens (primary N) is 4. The molecule has 0 amide bonds. The third-order valence-corrected chi connectivity index (χ3v) is 4.70. The lowest BCUT2D eigenvalue weighted by molar-refractivity contribution is 0.628. The topological polar surface area (TPSA) is 104 Å². The Morgan fingerprint density at radius 2 is 0.826 bits per heavy atom. The van der Waals surface area contributed by atoms with Crippen molar-refractivity contribution in [2.24, 2.45) is 0 Å². The lowest BCUT2D eigenvalue weighted by atomic mass is 9.92. The number of rotatable bonds is 11. The summed E-state index contributed by atoms with van der Waals surface area (Å²) in [7, 11) is 0. The zero-order valence-corrected chi connectivity index (χ0v) is 15.1. The monoisotopic (exact) mass is 320 g/mol. The molecular formula is C19H36N4. The van der Waals surface area contributed by atoms with Crippen molar-refractivity contribution in [2.45, 2.75) is 84.5 Å². The number of anilines is 4. The Hall–Kier alpha value is -1.58. The zero-order valence-electron chi connectivity index (χ0n) is 15.1. The van der Waals surface area contributed by atoms with Crippen molar-refractivity contribution in [3.05, 3.63) is 11.1 Å². The zero-order chi connectivity index (χ0) is 17.2. The van der Waals surface area contributed by atoms with Gasteiger partial charge in [-0.25, -0.2) is 0 Å². The highest BCUT2D eigenvalue weighted by atomic mass is 14.8. The van der Waals surface area contributed by atoms with Crippen molar-refractivity contribution in [1.29, 1.82) is 0 Å². The van der Waals surface area contributed by atoms with E-state index in [4.69, 9.17) is 22.9 Å². The number of unbranched alkanes of at least 4 members (excludes halogenated alkanes) is 7. The van der Waals surface area contributed by atoms with Gasteiger partial charge in [0.15, 0.2) is 0 Å². The Balaban J connectivity index is 2.86. The summed E-state index contributed by atoms with van der Waals surface area (Å²) in [6.45, 7) is 4.45. The molecule has 4 nitrogen and oxygen atoms in total. The number of benzene rings is 1. The molecule has 1 aromatic rings. The standard InChI is InChI=1S/C19H36N4/c1-3-5-7-9-11-13-15-14(12-10-8-6-4-2)16(20)18(22)19(23)17(15)21/h3-13,20-23H2,1-2H3. The van der Waals surface area contributed by atoms with Gasteiger partial charge in [0.2, 0.25) is 0 Å². The second kappa shape index (κ2) is 10.2. The van der Waals surface area contributed by atoms with Crippen molar-refractivity contribution in [3.8, 4) is 0 Å². The van der Waals surface area contributed by atoms with Gasteiger partial charge in [-0.05, 0) is 36.8 Å². The molecule has 0 radical (unpaired) electrons. The average Bonchev–Trinajstić information content (AvgIpc) is 2.55. The molecule has 0 heterocycles. The second-order valence-electron chi connectivity index (χ2n) is 6.59. The van der Waals surface area contributed by atoms with Crippen LogP contribution in [-0.2, 0) is 12.8 Å². The minimum absolute atomic E-state index is 0.461. The molecule has 0 aliphatic heterocycles. The van der Waals surface area contributed by atoms with Gasteiger partial charge in [-0.3, -0.25) is 0 Å². The van der Waals surface area contributed by atoms with Crippen LogP contribution in [0.3, 0.4) is 0 Å². The van der Waals surface area contributed by atoms with Gasteiger partial charge < -0.3 is 22.9 Å². The first kappa shape index (κ1) is 19.5. The van der Waals surface area contributed by atoms with E-state index in [0.29, 0.717) is 22.7 Å². The Morgan fingerprint density at radius 3 is 1.22 bits per heavy atom. The molecule has 0 atom stereocenters. The molecule has 4 heteroatoms. The fraction of sp³-hybridized carbons (Fsp3) is 0.684. The summed E-state index contributed by atoms with van der Waals surface area (Å²) in [5.41, 5.74) is 29.1. The molecule has 0 spiro atoms. The molecule has 0 bridgehead atoms. The van der Waals surface area contributed by atoms with E-state index >= 15 is 0 Å². The maximum Gasteiger partial charge on any atom is 0.0805 e. The van der Waals surface area contributed by atoms with Crippen LogP contribution in [-0.4, -0.2) is 0 Å². The molecule has 0 saturated carbocycles. The molecule has 0 aliphatic carbocycles. The highest BCUT2D eigenvalue weighted by Gasteiger charge is 2.17. The molecule has 0 saturated heterocycles. The van der Waals surface area contributed by atoms with Gasteiger partial charge in [-0.2, -0.15) is 0 Å². The van der Waals surface area contributed by atoms with Crippen LogP contribution in [0.5, 0.6) is 0 Å². The summed E-state index contributed by atoms with van der Waals surface area (Å²) in [5, 5.41) is 0. The van der Waals surface area contributed by atoms with Crippen LogP contribution in [0.1, 0.15) is 82.8 Å². The van der Waals surface area contributed by atoms with Crippen LogP contribution < -0.4 is 22.9 Å². The predicted octanol–water partition coefficient (Wildman–Crippen LogP) is 4.65. The van der Waals surface area contributed by atoms with Crippen LogP contribution in [0, 0.1) is 0 Å². The van der Waals surface area contributed by atoms with Gasteiger partial charge in [0.1, 0.15) is 0 Å². The number of hydrogen-bond donors (Lipinski definition) is 4. The van der Waals surface area contributed by atoms with E-state index < -0.39 is 0 Å². The molecule has 1 aromatic carbocycles. The van der Waals surface area contributed by atoms with Crippen molar-refractivity contribution in [2.75, 3.05) is 22.9 Å². The second-order valence-corrected chi connectivity index (χ2v) is 6.59. The largest absolute Gasteiger partial charge is 0.397 e. The Labute approximate surface area is 142 Å². The summed E-state index contributed by atoms with van der Waals surface area (Å²) < 4.78 is 0. The highest BCUT2D eigenvalue weighted by Crippen LogP contribution is 2.38. The van der Waals surface area contributed by atoms with E-state index in [-0.39, 0.29) is 0 Å². The van der Waals surface area contributed by atoms with Gasteiger partial charge in [0.25, 0.3) is 0 Å². The Bertz CT molecular complexity index is 483. The van der Waals surface area contributed by atoms with E-state index in [9.17, 15) is 0 Å². The average molecular weight is 321 g/mol. The van der Waals surface area contributed by atoms with Crippen LogP contribution >= 0.6 is 0 Å². The first-order valence-corrected chi connectivity index (χ1v) is 9.28. The molecule has 8 N–H and O–H groups in total. The minimum atomic E-state index is 0.461. The van der Waals surface area contributed by atoms with Crippen LogP contribution in [0.15, 0.2) is 0 Å². The molecule has 1 rings (SSSR count). The maximum atomic E-state index is 6.26. The van der Waals surface area contributed by atoms with Gasteiger partial charge in [-0.1, -0.05) is 58.8 Å². The minimum Gasteiger partial charge on any atom is -0.397 e. The lowest BCUT2D eigenvalue weighted by Gasteiger charge is -2.19. The van der Waals surface area contributed by atoms with Crippen molar-refractivity contribution in [1.82, 2.24) is 0 Å². The summed E-state index contributed by atoms with van der Waals surface area (Å²) in [6, 6.07) is 0. The molecule has 23 heavy (non-hydrogen) atoms. The Kier molecular flexibility index (Phi) is 8.67. The lowest BCUT2D eigenvalue weighted by Crippen LogP contribution is -2.12. The Morgan fingerprint density at radius 1 is 0.478 bits per heavy atom.